The molecule has 0 radical (unpaired) electrons. The number of hydrogen-bond acceptors (Lipinski definition) is 4. The van der Waals surface area contributed by atoms with Crippen LogP contribution in [0.5, 0.6) is 5.75 Å². The SMILES string of the molecule is CCNC(Cc1cc(OC)c(F)cc1[N+](=O)[O-])C(C)C. The first kappa shape index (κ1) is 16.4. The third-order valence-corrected chi connectivity index (χ3v) is 3.26. The number of hydrogen-bond donors (Lipinski definition) is 1. The molecule has 0 aromatic heterocycles. The van der Waals surface area contributed by atoms with Crippen molar-refractivity contribution < 1.29 is 14.1 Å². The van der Waals surface area contributed by atoms with Crippen LogP contribution in [0, 0.1) is 21.8 Å². The fourth-order valence-electron chi connectivity index (χ4n) is 2.12. The van der Waals surface area contributed by atoms with E-state index in [-0.39, 0.29) is 17.5 Å². The normalized spacial score (nSPS) is 12.5. The largest absolute Gasteiger partial charge is 0.494 e. The summed E-state index contributed by atoms with van der Waals surface area (Å²) in [4.78, 5) is 10.5. The molecule has 0 saturated carbocycles. The lowest BCUT2D eigenvalue weighted by Crippen LogP contribution is -2.35. The fourth-order valence-corrected chi connectivity index (χ4v) is 2.12. The molecule has 112 valence electrons. The summed E-state index contributed by atoms with van der Waals surface area (Å²) in [5, 5.41) is 14.4. The second-order valence-corrected chi connectivity index (χ2v) is 4.98. The summed E-state index contributed by atoms with van der Waals surface area (Å²) in [7, 11) is 1.35. The molecular weight excluding hydrogens is 263 g/mol. The van der Waals surface area contributed by atoms with Crippen LogP contribution in [-0.2, 0) is 6.42 Å². The number of nitrogens with zero attached hydrogens (tertiary/aromatic N) is 1. The van der Waals surface area contributed by atoms with Crippen LogP contribution in [0.1, 0.15) is 26.3 Å². The summed E-state index contributed by atoms with van der Waals surface area (Å²) >= 11 is 0. The number of rotatable bonds is 7. The molecule has 0 heterocycles. The van der Waals surface area contributed by atoms with E-state index in [0.29, 0.717) is 17.9 Å². The zero-order valence-electron chi connectivity index (χ0n) is 12.3. The summed E-state index contributed by atoms with van der Waals surface area (Å²) in [6.07, 6.45) is 0.457. The Morgan fingerprint density at radius 2 is 2.10 bits per heavy atom. The van der Waals surface area contributed by atoms with Gasteiger partial charge in [-0.25, -0.2) is 4.39 Å². The Morgan fingerprint density at radius 3 is 2.55 bits per heavy atom. The molecular formula is C14H21FN2O3. The number of benzene rings is 1. The van der Waals surface area contributed by atoms with Crippen LogP contribution in [0.4, 0.5) is 10.1 Å². The molecule has 20 heavy (non-hydrogen) atoms. The lowest BCUT2D eigenvalue weighted by Gasteiger charge is -2.22. The van der Waals surface area contributed by atoms with Gasteiger partial charge in [-0.15, -0.1) is 0 Å². The van der Waals surface area contributed by atoms with Crippen LogP contribution in [0.15, 0.2) is 12.1 Å². The molecule has 0 aliphatic heterocycles. The first-order valence-corrected chi connectivity index (χ1v) is 6.64. The molecule has 1 atom stereocenters. The summed E-state index contributed by atoms with van der Waals surface area (Å²) < 4.78 is 18.5. The second-order valence-electron chi connectivity index (χ2n) is 4.98. The topological polar surface area (TPSA) is 64.4 Å². The predicted octanol–water partition coefficient (Wildman–Crippen LogP) is 2.92. The molecule has 0 amide bonds. The van der Waals surface area contributed by atoms with Crippen molar-refractivity contribution in [2.45, 2.75) is 33.2 Å². The third kappa shape index (κ3) is 3.90. The predicted molar refractivity (Wildman–Crippen MR) is 75.6 cm³/mol. The lowest BCUT2D eigenvalue weighted by molar-refractivity contribution is -0.385. The monoisotopic (exact) mass is 284 g/mol. The number of likely N-dealkylation sites (N-methyl/N-ethyl adjacent to an activating group) is 1. The minimum absolute atomic E-state index is 0.0320. The highest BCUT2D eigenvalue weighted by Crippen LogP contribution is 2.29. The summed E-state index contributed by atoms with van der Waals surface area (Å²) in [5.41, 5.74) is 0.278. The first-order chi connectivity index (χ1) is 9.40. The third-order valence-electron chi connectivity index (χ3n) is 3.26. The standard InChI is InChI=1S/C14H21FN2O3/c1-5-16-12(9(2)3)6-10-7-14(20-4)11(15)8-13(10)17(18)19/h7-9,12,16H,5-6H2,1-4H3. The van der Waals surface area contributed by atoms with Crippen LogP contribution in [0.3, 0.4) is 0 Å². The van der Waals surface area contributed by atoms with Crippen LogP contribution in [-0.4, -0.2) is 24.6 Å². The molecule has 0 aliphatic rings. The van der Waals surface area contributed by atoms with Crippen molar-refractivity contribution in [1.82, 2.24) is 5.32 Å². The van der Waals surface area contributed by atoms with Gasteiger partial charge in [-0.1, -0.05) is 20.8 Å². The van der Waals surface area contributed by atoms with Gasteiger partial charge in [-0.2, -0.15) is 0 Å². The maximum Gasteiger partial charge on any atom is 0.275 e. The molecule has 5 nitrogen and oxygen atoms in total. The van der Waals surface area contributed by atoms with Crippen LogP contribution < -0.4 is 10.1 Å². The minimum atomic E-state index is -0.715. The highest BCUT2D eigenvalue weighted by Gasteiger charge is 2.22. The first-order valence-electron chi connectivity index (χ1n) is 6.64. The van der Waals surface area contributed by atoms with Crippen molar-refractivity contribution in [1.29, 1.82) is 0 Å². The van der Waals surface area contributed by atoms with Gasteiger partial charge in [-0.05, 0) is 24.9 Å². The van der Waals surface area contributed by atoms with Gasteiger partial charge in [0.05, 0.1) is 18.1 Å². The van der Waals surface area contributed by atoms with Crippen molar-refractivity contribution in [2.75, 3.05) is 13.7 Å². The zero-order chi connectivity index (χ0) is 15.3. The molecule has 1 aromatic carbocycles. The van der Waals surface area contributed by atoms with Gasteiger partial charge in [0.2, 0.25) is 0 Å². The van der Waals surface area contributed by atoms with E-state index in [1.54, 1.807) is 0 Å². The van der Waals surface area contributed by atoms with Crippen LogP contribution in [0.25, 0.3) is 0 Å². The smallest absolute Gasteiger partial charge is 0.275 e. The number of ether oxygens (including phenoxy) is 1. The van der Waals surface area contributed by atoms with Gasteiger partial charge >= 0.3 is 0 Å². The number of methoxy groups -OCH3 is 1. The molecule has 6 heteroatoms. The second kappa shape index (κ2) is 7.19. The summed E-state index contributed by atoms with van der Waals surface area (Å²) in [5.74, 6) is -0.372. The quantitative estimate of drug-likeness (QED) is 0.617. The summed E-state index contributed by atoms with van der Waals surface area (Å²) in [6, 6.07) is 2.44. The summed E-state index contributed by atoms with van der Waals surface area (Å²) in [6.45, 7) is 6.84. The maximum absolute atomic E-state index is 13.6. The highest BCUT2D eigenvalue weighted by atomic mass is 19.1. The highest BCUT2D eigenvalue weighted by molar-refractivity contribution is 5.46. The molecule has 1 N–H and O–H groups in total. The Morgan fingerprint density at radius 1 is 1.45 bits per heavy atom. The van der Waals surface area contributed by atoms with Gasteiger partial charge in [0.15, 0.2) is 11.6 Å². The van der Waals surface area contributed by atoms with E-state index in [1.807, 2.05) is 20.8 Å². The Hall–Kier alpha value is -1.69. The number of halogens is 1. The molecule has 1 aromatic rings. The van der Waals surface area contributed by atoms with E-state index in [0.717, 1.165) is 12.6 Å². The molecule has 1 unspecified atom stereocenters. The number of nitrogens with one attached hydrogen (secondary N) is 1. The van der Waals surface area contributed by atoms with Gasteiger partial charge in [-0.3, -0.25) is 10.1 Å². The average molecular weight is 284 g/mol. The van der Waals surface area contributed by atoms with Crippen molar-refractivity contribution in [3.63, 3.8) is 0 Å². The molecule has 1 rings (SSSR count). The average Bonchev–Trinajstić information content (AvgIpc) is 2.39. The molecule has 0 spiro atoms. The Labute approximate surface area is 118 Å². The van der Waals surface area contributed by atoms with Crippen LogP contribution in [0.2, 0.25) is 0 Å². The minimum Gasteiger partial charge on any atom is -0.494 e. The van der Waals surface area contributed by atoms with E-state index >= 15 is 0 Å². The number of nitro groups is 1. The molecule has 0 saturated heterocycles. The van der Waals surface area contributed by atoms with Gasteiger partial charge in [0.1, 0.15) is 0 Å². The number of nitro benzene ring substituents is 1. The Balaban J connectivity index is 3.16. The van der Waals surface area contributed by atoms with E-state index in [1.165, 1.54) is 13.2 Å². The van der Waals surface area contributed by atoms with Gasteiger partial charge in [0, 0.05) is 11.6 Å². The Kier molecular flexibility index (Phi) is 5.88. The fraction of sp³-hybridized carbons (Fsp3) is 0.571. The molecule has 0 aliphatic carbocycles. The molecule has 0 fully saturated rings. The zero-order valence-corrected chi connectivity index (χ0v) is 12.3. The van der Waals surface area contributed by atoms with Crippen molar-refractivity contribution in [2.24, 2.45) is 5.92 Å². The van der Waals surface area contributed by atoms with Gasteiger partial charge in [0.25, 0.3) is 5.69 Å². The van der Waals surface area contributed by atoms with Crippen molar-refractivity contribution in [3.05, 3.63) is 33.6 Å². The van der Waals surface area contributed by atoms with Crippen LogP contribution >= 0.6 is 0 Å². The van der Waals surface area contributed by atoms with Crippen molar-refractivity contribution in [3.8, 4) is 5.75 Å². The van der Waals surface area contributed by atoms with Gasteiger partial charge < -0.3 is 10.1 Å². The Bertz CT molecular complexity index is 478. The van der Waals surface area contributed by atoms with E-state index in [2.05, 4.69) is 5.32 Å². The molecule has 0 bridgehead atoms. The van der Waals surface area contributed by atoms with Crippen molar-refractivity contribution >= 4 is 5.69 Å². The van der Waals surface area contributed by atoms with E-state index < -0.39 is 10.7 Å². The lowest BCUT2D eigenvalue weighted by atomic mass is 9.95. The van der Waals surface area contributed by atoms with E-state index in [4.69, 9.17) is 4.74 Å². The van der Waals surface area contributed by atoms with E-state index in [9.17, 15) is 14.5 Å². The maximum atomic E-state index is 13.6.